The Morgan fingerprint density at radius 2 is 1.74 bits per heavy atom. The number of carbonyl (C=O) groups is 2. The van der Waals surface area contributed by atoms with Crippen molar-refractivity contribution >= 4 is 29.3 Å². The van der Waals surface area contributed by atoms with Gasteiger partial charge in [-0.25, -0.2) is 0 Å². The second kappa shape index (κ2) is 12.9. The number of anilines is 1. The van der Waals surface area contributed by atoms with Crippen molar-refractivity contribution in [3.8, 4) is 0 Å². The van der Waals surface area contributed by atoms with E-state index in [1.807, 2.05) is 43.3 Å². The number of allylic oxidation sites excluding steroid dienone is 1. The van der Waals surface area contributed by atoms with Gasteiger partial charge in [-0.2, -0.15) is 0 Å². The van der Waals surface area contributed by atoms with E-state index in [0.29, 0.717) is 24.6 Å². The zero-order valence-electron chi connectivity index (χ0n) is 22.9. The first-order chi connectivity index (χ1) is 18.4. The number of nitrogens with one attached hydrogen (secondary N) is 3. The molecule has 202 valence electrons. The van der Waals surface area contributed by atoms with Crippen molar-refractivity contribution in [3.63, 3.8) is 0 Å². The highest BCUT2D eigenvalue weighted by Crippen LogP contribution is 2.30. The van der Waals surface area contributed by atoms with Crippen LogP contribution in [0.2, 0.25) is 0 Å². The summed E-state index contributed by atoms with van der Waals surface area (Å²) in [6, 6.07) is 14.1. The highest BCUT2D eigenvalue weighted by atomic mass is 16.2. The van der Waals surface area contributed by atoms with Crippen LogP contribution in [-0.2, 0) is 4.79 Å². The van der Waals surface area contributed by atoms with Gasteiger partial charge >= 0.3 is 0 Å². The van der Waals surface area contributed by atoms with Crippen molar-refractivity contribution in [2.24, 2.45) is 5.92 Å². The number of hydrogen-bond acceptors (Lipinski definition) is 5. The van der Waals surface area contributed by atoms with E-state index in [-0.39, 0.29) is 17.7 Å². The van der Waals surface area contributed by atoms with Crippen molar-refractivity contribution in [2.75, 3.05) is 45.1 Å². The van der Waals surface area contributed by atoms with Gasteiger partial charge in [0, 0.05) is 55.9 Å². The van der Waals surface area contributed by atoms with Crippen LogP contribution in [0.3, 0.4) is 0 Å². The van der Waals surface area contributed by atoms with Crippen molar-refractivity contribution in [2.45, 2.75) is 45.4 Å². The number of rotatable bonds is 9. The lowest BCUT2D eigenvalue weighted by Gasteiger charge is -2.32. The fourth-order valence-electron chi connectivity index (χ4n) is 5.60. The molecule has 0 saturated carbocycles. The van der Waals surface area contributed by atoms with E-state index < -0.39 is 0 Å². The van der Waals surface area contributed by atoms with E-state index in [1.165, 1.54) is 11.8 Å². The summed E-state index contributed by atoms with van der Waals surface area (Å²) in [6.07, 6.45) is 7.00. The molecule has 38 heavy (non-hydrogen) atoms. The molecule has 7 heteroatoms. The Kier molecular flexibility index (Phi) is 9.34. The first-order valence-corrected chi connectivity index (χ1v) is 13.8. The lowest BCUT2D eigenvalue weighted by molar-refractivity contribution is -0.119. The average molecular weight is 516 g/mol. The van der Waals surface area contributed by atoms with E-state index in [0.717, 1.165) is 67.7 Å². The van der Waals surface area contributed by atoms with E-state index in [9.17, 15) is 9.59 Å². The summed E-state index contributed by atoms with van der Waals surface area (Å²) in [4.78, 5) is 30.6. The number of piperidine rings is 1. The van der Waals surface area contributed by atoms with Crippen LogP contribution in [0, 0.1) is 18.3 Å². The van der Waals surface area contributed by atoms with Gasteiger partial charge in [0.2, 0.25) is 5.91 Å². The Balaban J connectivity index is 1.35. The molecule has 2 aliphatic heterocycles. The molecule has 2 saturated heterocycles. The minimum atomic E-state index is 0.00410. The van der Waals surface area contributed by atoms with Crippen LogP contribution in [0.15, 0.2) is 48.7 Å². The molecule has 0 aromatic heterocycles. The summed E-state index contributed by atoms with van der Waals surface area (Å²) in [5.41, 5.74) is 5.47. The van der Waals surface area contributed by atoms with Crippen molar-refractivity contribution in [1.29, 1.82) is 5.41 Å². The first-order valence-electron chi connectivity index (χ1n) is 13.8. The zero-order chi connectivity index (χ0) is 27.1. The highest BCUT2D eigenvalue weighted by molar-refractivity contribution is 6.08. The maximum absolute atomic E-state index is 13.4. The van der Waals surface area contributed by atoms with Crippen LogP contribution in [-0.4, -0.2) is 67.6 Å². The predicted molar refractivity (Wildman–Crippen MR) is 155 cm³/mol. The quantitative estimate of drug-likeness (QED) is 0.415. The number of likely N-dealkylation sites (tertiary alicyclic amines) is 2. The van der Waals surface area contributed by atoms with Crippen LogP contribution < -0.4 is 10.6 Å². The van der Waals surface area contributed by atoms with E-state index in [2.05, 4.69) is 46.7 Å². The number of hydrogen-bond donors (Lipinski definition) is 3. The van der Waals surface area contributed by atoms with Crippen molar-refractivity contribution < 1.29 is 9.59 Å². The van der Waals surface area contributed by atoms with Crippen molar-refractivity contribution in [3.05, 3.63) is 70.9 Å². The Morgan fingerprint density at radius 1 is 1.03 bits per heavy atom. The van der Waals surface area contributed by atoms with E-state index in [1.54, 1.807) is 0 Å². The summed E-state index contributed by atoms with van der Waals surface area (Å²) >= 11 is 0. The van der Waals surface area contributed by atoms with Crippen LogP contribution in [0.1, 0.15) is 65.6 Å². The molecule has 0 aliphatic carbocycles. The molecule has 0 spiro atoms. The molecule has 7 nitrogen and oxygen atoms in total. The SMILES string of the molecule is CCCN1CCC(C(=O)Nc2cc(C(=O)N3CCC(c4ccc(/C(C=N)=C/NC)cc4)CC3)ccc2C)C1. The molecular weight excluding hydrogens is 474 g/mol. The van der Waals surface area contributed by atoms with Crippen LogP contribution in [0.5, 0.6) is 0 Å². The second-order valence-corrected chi connectivity index (χ2v) is 10.5. The molecule has 1 unspecified atom stereocenters. The number of carbonyl (C=O) groups excluding carboxylic acids is 2. The van der Waals surface area contributed by atoms with Gasteiger partial charge < -0.3 is 25.8 Å². The summed E-state index contributed by atoms with van der Waals surface area (Å²) < 4.78 is 0. The molecule has 2 heterocycles. The summed E-state index contributed by atoms with van der Waals surface area (Å²) in [7, 11) is 1.83. The van der Waals surface area contributed by atoms with Crippen LogP contribution in [0.25, 0.3) is 5.57 Å². The minimum absolute atomic E-state index is 0.00410. The van der Waals surface area contributed by atoms with Gasteiger partial charge in [-0.1, -0.05) is 37.3 Å². The molecule has 3 N–H and O–H groups in total. The Labute approximate surface area is 226 Å². The normalized spacial score (nSPS) is 18.9. The van der Waals surface area contributed by atoms with E-state index in [4.69, 9.17) is 5.41 Å². The van der Waals surface area contributed by atoms with Gasteiger partial charge in [-0.3, -0.25) is 9.59 Å². The minimum Gasteiger partial charge on any atom is -0.393 e. The third-order valence-electron chi connectivity index (χ3n) is 7.88. The molecular formula is C31H41N5O2. The molecule has 2 fully saturated rings. The number of benzene rings is 2. The second-order valence-electron chi connectivity index (χ2n) is 10.5. The highest BCUT2D eigenvalue weighted by Gasteiger charge is 2.29. The van der Waals surface area contributed by atoms with Crippen LogP contribution >= 0.6 is 0 Å². The molecule has 0 radical (unpaired) electrons. The fraction of sp³-hybridized carbons (Fsp3) is 0.452. The van der Waals surface area contributed by atoms with Gasteiger partial charge in [0.05, 0.1) is 5.92 Å². The smallest absolute Gasteiger partial charge is 0.253 e. The summed E-state index contributed by atoms with van der Waals surface area (Å²) in [5.74, 6) is 0.496. The van der Waals surface area contributed by atoms with E-state index >= 15 is 0 Å². The first kappa shape index (κ1) is 27.6. The van der Waals surface area contributed by atoms with Gasteiger partial charge in [0.25, 0.3) is 5.91 Å². The standard InChI is InChI=1S/C31H41N5O2/c1-4-14-35-15-11-27(21-35)30(37)34-29-18-26(6-5-22(29)2)31(38)36-16-12-25(13-17-36)23-7-9-24(10-8-23)28(19-32)20-33-3/h5-10,18-20,25,27,32-33H,4,11-17,21H2,1-3H3,(H,34,37)/b28-20+,32-19?. The molecule has 2 aliphatic rings. The monoisotopic (exact) mass is 515 g/mol. The Morgan fingerprint density at radius 3 is 2.39 bits per heavy atom. The maximum Gasteiger partial charge on any atom is 0.253 e. The topological polar surface area (TPSA) is 88.5 Å². The molecule has 4 rings (SSSR count). The van der Waals surface area contributed by atoms with Gasteiger partial charge in [-0.15, -0.1) is 0 Å². The fourth-order valence-corrected chi connectivity index (χ4v) is 5.60. The Bertz CT molecular complexity index is 1170. The lowest BCUT2D eigenvalue weighted by Crippen LogP contribution is -2.38. The number of aryl methyl sites for hydroxylation is 1. The molecule has 1 atom stereocenters. The molecule has 2 aromatic rings. The number of amides is 2. The van der Waals surface area contributed by atoms with Gasteiger partial charge in [-0.05, 0) is 80.4 Å². The zero-order valence-corrected chi connectivity index (χ0v) is 22.9. The Hall–Kier alpha value is -3.45. The summed E-state index contributed by atoms with van der Waals surface area (Å²) in [5, 5.41) is 13.7. The van der Waals surface area contributed by atoms with Gasteiger partial charge in [0.15, 0.2) is 0 Å². The third kappa shape index (κ3) is 6.51. The predicted octanol–water partition coefficient (Wildman–Crippen LogP) is 4.90. The van der Waals surface area contributed by atoms with Crippen molar-refractivity contribution in [1.82, 2.24) is 15.1 Å². The molecule has 2 aromatic carbocycles. The largest absolute Gasteiger partial charge is 0.393 e. The number of nitrogens with zero attached hydrogens (tertiary/aromatic N) is 2. The third-order valence-corrected chi connectivity index (χ3v) is 7.88. The van der Waals surface area contributed by atoms with Crippen LogP contribution in [0.4, 0.5) is 5.69 Å². The average Bonchev–Trinajstić information content (AvgIpc) is 3.42. The molecule has 0 bridgehead atoms. The lowest BCUT2D eigenvalue weighted by atomic mass is 9.88. The van der Waals surface area contributed by atoms with Gasteiger partial charge in [0.1, 0.15) is 0 Å². The molecule has 2 amide bonds. The maximum atomic E-state index is 13.4. The summed E-state index contributed by atoms with van der Waals surface area (Å²) in [6.45, 7) is 8.38.